The Balaban J connectivity index is 2.00. The van der Waals surface area contributed by atoms with Crippen LogP contribution in [0.4, 0.5) is 0 Å². The van der Waals surface area contributed by atoms with Crippen LogP contribution in [0.25, 0.3) is 0 Å². The summed E-state index contributed by atoms with van der Waals surface area (Å²) in [6.07, 6.45) is 7.06. The number of hydrogen-bond acceptors (Lipinski definition) is 0. The number of hydrogen-bond donors (Lipinski definition) is 0. The van der Waals surface area contributed by atoms with E-state index < -0.39 is 7.92 Å². The Labute approximate surface area is 182 Å². The molecule has 1 saturated carbocycles. The van der Waals surface area contributed by atoms with E-state index in [1.807, 2.05) is 0 Å². The molecule has 2 heteroatoms. The molecule has 153 valence electrons. The molecule has 1 fully saturated rings. The average molecular weight is 422 g/mol. The van der Waals surface area contributed by atoms with Crippen molar-refractivity contribution in [3.63, 3.8) is 0 Å². The van der Waals surface area contributed by atoms with Crippen molar-refractivity contribution in [1.82, 2.24) is 0 Å². The van der Waals surface area contributed by atoms with Gasteiger partial charge in [-0.15, -0.1) is 0 Å². The molecule has 0 nitrogen and oxygen atoms in total. The second kappa shape index (κ2) is 9.20. The van der Waals surface area contributed by atoms with Gasteiger partial charge in [0, 0.05) is 5.66 Å². The first-order valence-corrected chi connectivity index (χ1v) is 13.3. The van der Waals surface area contributed by atoms with Crippen molar-refractivity contribution >= 4 is 26.5 Å². The molecule has 0 unspecified atom stereocenters. The number of rotatable bonds is 5. The van der Waals surface area contributed by atoms with E-state index in [1.165, 1.54) is 16.3 Å². The summed E-state index contributed by atoms with van der Waals surface area (Å²) < 4.78 is 0. The van der Waals surface area contributed by atoms with Crippen LogP contribution in [-0.2, 0) is 0 Å². The normalized spacial score (nSPS) is 18.0. The highest BCUT2D eigenvalue weighted by atomic mass is 31.1. The summed E-state index contributed by atoms with van der Waals surface area (Å²) in [5, 5.41) is 3.49. The highest BCUT2D eigenvalue weighted by Crippen LogP contribution is 2.69. The van der Waals surface area contributed by atoms with Gasteiger partial charge in [-0.25, -0.2) is 0 Å². The second-order valence-corrected chi connectivity index (χ2v) is 16.1. The minimum Gasteiger partial charge on any atom is -0.0921 e. The lowest BCUT2D eigenvalue weighted by atomic mass is 10.0. The first-order chi connectivity index (χ1) is 13.6. The van der Waals surface area contributed by atoms with Crippen LogP contribution in [0.3, 0.4) is 0 Å². The van der Waals surface area contributed by atoms with Crippen LogP contribution in [0.2, 0.25) is 0 Å². The number of benzene rings is 2. The Morgan fingerprint density at radius 3 is 1.52 bits per heavy atom. The summed E-state index contributed by atoms with van der Waals surface area (Å²) in [7, 11) is -0.771. The van der Waals surface area contributed by atoms with Crippen LogP contribution >= 0.6 is 15.8 Å². The van der Waals surface area contributed by atoms with Gasteiger partial charge in [-0.3, -0.25) is 0 Å². The topological polar surface area (TPSA) is 0 Å². The lowest BCUT2D eigenvalue weighted by molar-refractivity contribution is 0.689. The second-order valence-electron chi connectivity index (χ2n) is 9.76. The molecule has 0 aliphatic heterocycles. The minimum atomic E-state index is -0.548. The van der Waals surface area contributed by atoms with E-state index in [2.05, 4.69) is 128 Å². The molecule has 0 saturated heterocycles. The van der Waals surface area contributed by atoms with Crippen molar-refractivity contribution in [3.8, 4) is 0 Å². The molecule has 0 bridgehead atoms. The van der Waals surface area contributed by atoms with Gasteiger partial charge < -0.3 is 0 Å². The molecule has 0 N–H and O–H groups in total. The molecule has 5 radical (unpaired) electrons. The molecule has 0 spiro atoms. The highest BCUT2D eigenvalue weighted by Gasteiger charge is 2.47. The van der Waals surface area contributed by atoms with E-state index in [1.54, 1.807) is 5.92 Å². The lowest BCUT2D eigenvalue weighted by Crippen LogP contribution is -2.34. The maximum atomic E-state index is 2.48. The molecule has 1 aliphatic rings. The van der Waals surface area contributed by atoms with Gasteiger partial charge in [0.25, 0.3) is 0 Å². The van der Waals surface area contributed by atoms with E-state index in [0.717, 1.165) is 0 Å². The lowest BCUT2D eigenvalue weighted by Gasteiger charge is -2.48. The van der Waals surface area contributed by atoms with Gasteiger partial charge in [0.15, 0.2) is 0 Å². The third-order valence-electron chi connectivity index (χ3n) is 5.38. The van der Waals surface area contributed by atoms with Crippen LogP contribution < -0.4 is 10.6 Å². The first-order valence-electron chi connectivity index (χ1n) is 10.6. The summed E-state index contributed by atoms with van der Waals surface area (Å²) in [6.45, 7) is 17.1. The smallest absolute Gasteiger partial charge is 0.0201 e. The highest BCUT2D eigenvalue weighted by molar-refractivity contribution is 7.76. The molecule has 1 aliphatic carbocycles. The fourth-order valence-corrected chi connectivity index (χ4v) is 12.4. The molecule has 2 aromatic carbocycles. The summed E-state index contributed by atoms with van der Waals surface area (Å²) in [5.74, 6) is 1.56. The van der Waals surface area contributed by atoms with Crippen LogP contribution in [0.5, 0.6) is 0 Å². The van der Waals surface area contributed by atoms with Crippen LogP contribution in [0, 0.1) is 30.8 Å². The molecule has 0 aromatic heterocycles. The Kier molecular flexibility index (Phi) is 7.29. The Morgan fingerprint density at radius 2 is 1.10 bits per heavy atom. The summed E-state index contributed by atoms with van der Waals surface area (Å²) in [4.78, 5) is 0. The van der Waals surface area contributed by atoms with Gasteiger partial charge in [0.05, 0.1) is 0 Å². The van der Waals surface area contributed by atoms with Crippen LogP contribution in [0.1, 0.15) is 48.5 Å². The van der Waals surface area contributed by atoms with Crippen molar-refractivity contribution in [1.29, 1.82) is 0 Å². The molecule has 0 heterocycles. The quantitative estimate of drug-likeness (QED) is 0.444. The zero-order valence-electron chi connectivity index (χ0n) is 19.0. The van der Waals surface area contributed by atoms with E-state index in [9.17, 15) is 0 Å². The molecule has 1 atom stereocenters. The van der Waals surface area contributed by atoms with E-state index in [-0.39, 0.29) is 7.92 Å². The van der Waals surface area contributed by atoms with Crippen LogP contribution in [0.15, 0.2) is 60.7 Å². The van der Waals surface area contributed by atoms with E-state index in [0.29, 0.717) is 16.0 Å². The van der Waals surface area contributed by atoms with Gasteiger partial charge in [0.2, 0.25) is 0 Å². The summed E-state index contributed by atoms with van der Waals surface area (Å²) in [5.41, 5.74) is 2.10. The first kappa shape index (κ1) is 23.0. The van der Waals surface area contributed by atoms with Gasteiger partial charge in [-0.2, -0.15) is 0 Å². The van der Waals surface area contributed by atoms with Gasteiger partial charge >= 0.3 is 0 Å². The predicted octanol–water partition coefficient (Wildman–Crippen LogP) is 7.32. The summed E-state index contributed by atoms with van der Waals surface area (Å²) >= 11 is 0. The third kappa shape index (κ3) is 5.32. The molecular formula is C27H35P2. The van der Waals surface area contributed by atoms with Crippen molar-refractivity contribution in [2.24, 2.45) is 0 Å². The van der Waals surface area contributed by atoms with Crippen molar-refractivity contribution in [2.45, 2.75) is 64.4 Å². The summed E-state index contributed by atoms with van der Waals surface area (Å²) in [6, 6.07) is 22.2. The Hall–Kier alpha value is -0.700. The SMILES string of the molecule is C[C@H]([C]1[CH][CH][CH][C]1P(c1ccccc1)c1ccccc1)P(C(C)(C)C)C(C)(C)C. The molecular weight excluding hydrogens is 386 g/mol. The van der Waals surface area contributed by atoms with Gasteiger partial charge in [-0.1, -0.05) is 117 Å². The maximum Gasteiger partial charge on any atom is 0.0201 e. The van der Waals surface area contributed by atoms with Crippen molar-refractivity contribution in [3.05, 3.63) is 91.5 Å². The Bertz CT molecular complexity index is 701. The maximum absolute atomic E-state index is 2.48. The van der Waals surface area contributed by atoms with E-state index in [4.69, 9.17) is 0 Å². The monoisotopic (exact) mass is 421 g/mol. The van der Waals surface area contributed by atoms with Gasteiger partial charge in [0.1, 0.15) is 0 Å². The predicted molar refractivity (Wildman–Crippen MR) is 134 cm³/mol. The molecule has 0 amide bonds. The van der Waals surface area contributed by atoms with Crippen molar-refractivity contribution < 1.29 is 0 Å². The van der Waals surface area contributed by atoms with Gasteiger partial charge in [-0.05, 0) is 59.7 Å². The van der Waals surface area contributed by atoms with E-state index >= 15 is 0 Å². The molecule has 2 aromatic rings. The fraction of sp³-hybridized carbons (Fsp3) is 0.370. The Morgan fingerprint density at radius 1 is 0.655 bits per heavy atom. The standard InChI is InChI=1S/C27H35P2/c1-21(29(26(2,3)4)27(5,6)7)24-19-14-20-25(24)28(22-15-10-8-11-16-22)23-17-12-9-13-18-23/h8-21H,1-7H3/t21-/m1/s1. The average Bonchev–Trinajstić information content (AvgIpc) is 3.11. The third-order valence-corrected chi connectivity index (χ3v) is 11.8. The largest absolute Gasteiger partial charge is 0.0921 e. The zero-order chi connectivity index (χ0) is 21.2. The fourth-order valence-electron chi connectivity index (χ4n) is 4.87. The molecule has 3 rings (SSSR count). The minimum absolute atomic E-state index is 0.223. The van der Waals surface area contributed by atoms with Crippen molar-refractivity contribution in [2.75, 3.05) is 0 Å². The zero-order valence-corrected chi connectivity index (χ0v) is 20.8. The molecule has 29 heavy (non-hydrogen) atoms. The van der Waals surface area contributed by atoms with Crippen LogP contribution in [-0.4, -0.2) is 16.0 Å².